The molecule has 0 saturated heterocycles. The Kier molecular flexibility index (Phi) is 4.70. The van der Waals surface area contributed by atoms with Gasteiger partial charge in [0.15, 0.2) is 0 Å². The lowest BCUT2D eigenvalue weighted by Crippen LogP contribution is -2.35. The van der Waals surface area contributed by atoms with Crippen LogP contribution in [0.5, 0.6) is 0 Å². The molecule has 140 valence electrons. The molecule has 6 nitrogen and oxygen atoms in total. The van der Waals surface area contributed by atoms with Gasteiger partial charge in [0, 0.05) is 10.4 Å². The Balaban J connectivity index is 1.61. The third-order valence-electron chi connectivity index (χ3n) is 5.22. The number of nitrogens with one attached hydrogen (secondary N) is 2. The Bertz CT molecular complexity index is 948. The van der Waals surface area contributed by atoms with Crippen LogP contribution in [0.1, 0.15) is 61.5 Å². The molecule has 0 radical (unpaired) electrons. The molecule has 2 aliphatic carbocycles. The van der Waals surface area contributed by atoms with E-state index in [4.69, 9.17) is 5.73 Å². The predicted molar refractivity (Wildman–Crippen MR) is 104 cm³/mol. The van der Waals surface area contributed by atoms with Crippen molar-refractivity contribution in [2.24, 2.45) is 5.73 Å². The summed E-state index contributed by atoms with van der Waals surface area (Å²) in [5.74, 6) is -0.793. The first-order chi connectivity index (χ1) is 13.0. The van der Waals surface area contributed by atoms with Gasteiger partial charge in [-0.2, -0.15) is 0 Å². The number of nitrogens with two attached hydrogens (primary N) is 1. The molecule has 2 aromatic rings. The summed E-state index contributed by atoms with van der Waals surface area (Å²) in [5.41, 5.74) is 9.52. The second kappa shape index (κ2) is 7.15. The zero-order valence-electron chi connectivity index (χ0n) is 14.9. The van der Waals surface area contributed by atoms with Crippen LogP contribution >= 0.6 is 11.3 Å². The minimum absolute atomic E-state index is 0.239. The molecule has 4 N–H and O–H groups in total. The summed E-state index contributed by atoms with van der Waals surface area (Å²) >= 11 is 1.41. The van der Waals surface area contributed by atoms with Crippen molar-refractivity contribution >= 4 is 34.2 Å². The van der Waals surface area contributed by atoms with Gasteiger partial charge in [-0.25, -0.2) is 4.79 Å². The van der Waals surface area contributed by atoms with Crippen LogP contribution < -0.4 is 16.4 Å². The number of urea groups is 1. The lowest BCUT2D eigenvalue weighted by Gasteiger charge is -2.16. The molecule has 2 aliphatic rings. The highest BCUT2D eigenvalue weighted by Crippen LogP contribution is 2.39. The van der Waals surface area contributed by atoms with Crippen molar-refractivity contribution in [1.82, 2.24) is 5.32 Å². The van der Waals surface area contributed by atoms with Gasteiger partial charge < -0.3 is 11.1 Å². The van der Waals surface area contributed by atoms with E-state index in [9.17, 15) is 14.4 Å². The van der Waals surface area contributed by atoms with Crippen LogP contribution in [-0.2, 0) is 25.7 Å². The summed E-state index contributed by atoms with van der Waals surface area (Å²) in [6.07, 6.45) is 7.01. The Morgan fingerprint density at radius 3 is 2.48 bits per heavy atom. The van der Waals surface area contributed by atoms with E-state index in [0.29, 0.717) is 16.1 Å². The summed E-state index contributed by atoms with van der Waals surface area (Å²) in [6.45, 7) is 0. The van der Waals surface area contributed by atoms with Gasteiger partial charge in [0.1, 0.15) is 5.00 Å². The number of imide groups is 1. The minimum atomic E-state index is -0.898. The van der Waals surface area contributed by atoms with Gasteiger partial charge >= 0.3 is 6.03 Å². The van der Waals surface area contributed by atoms with E-state index < -0.39 is 11.9 Å². The quantitative estimate of drug-likeness (QED) is 0.759. The second-order valence-electron chi connectivity index (χ2n) is 7.02. The number of carbonyl (C=O) groups excluding carboxylic acids is 3. The molecule has 0 fully saturated rings. The van der Waals surface area contributed by atoms with Crippen molar-refractivity contribution in [2.75, 3.05) is 5.32 Å². The van der Waals surface area contributed by atoms with E-state index in [1.54, 1.807) is 0 Å². The van der Waals surface area contributed by atoms with Crippen LogP contribution in [0.4, 0.5) is 9.80 Å². The third kappa shape index (κ3) is 3.47. The molecule has 0 saturated carbocycles. The van der Waals surface area contributed by atoms with Gasteiger partial charge in [-0.15, -0.1) is 11.3 Å². The summed E-state index contributed by atoms with van der Waals surface area (Å²) in [5, 5.41) is 5.50. The highest BCUT2D eigenvalue weighted by Gasteiger charge is 2.28. The molecule has 4 rings (SSSR count). The first-order valence-electron chi connectivity index (χ1n) is 9.21. The van der Waals surface area contributed by atoms with E-state index in [0.717, 1.165) is 49.0 Å². The van der Waals surface area contributed by atoms with E-state index in [1.165, 1.54) is 28.9 Å². The number of benzene rings is 1. The molecular weight excluding hydrogens is 362 g/mol. The van der Waals surface area contributed by atoms with Gasteiger partial charge in [-0.1, -0.05) is 6.07 Å². The minimum Gasteiger partial charge on any atom is -0.351 e. The maximum absolute atomic E-state index is 12.8. The lowest BCUT2D eigenvalue weighted by molar-refractivity contribution is 0.0966. The maximum atomic E-state index is 12.8. The van der Waals surface area contributed by atoms with E-state index in [-0.39, 0.29) is 5.91 Å². The molecule has 0 unspecified atom stereocenters. The number of carbonyl (C=O) groups is 3. The Morgan fingerprint density at radius 2 is 1.70 bits per heavy atom. The molecule has 0 aliphatic heterocycles. The summed E-state index contributed by atoms with van der Waals surface area (Å²) < 4.78 is 0. The monoisotopic (exact) mass is 383 g/mol. The number of primary amides is 1. The number of thiophene rings is 1. The van der Waals surface area contributed by atoms with E-state index in [1.807, 2.05) is 18.2 Å². The van der Waals surface area contributed by atoms with Gasteiger partial charge in [-0.3, -0.25) is 14.9 Å². The average molecular weight is 383 g/mol. The zero-order chi connectivity index (χ0) is 19.0. The molecule has 0 bridgehead atoms. The molecule has 1 aromatic heterocycles. The maximum Gasteiger partial charge on any atom is 0.319 e. The number of fused-ring (bicyclic) bond motifs is 2. The topological polar surface area (TPSA) is 101 Å². The first-order valence-corrected chi connectivity index (χ1v) is 10.0. The molecule has 0 atom stereocenters. The van der Waals surface area contributed by atoms with E-state index >= 15 is 0 Å². The van der Waals surface area contributed by atoms with Crippen molar-refractivity contribution in [1.29, 1.82) is 0 Å². The van der Waals surface area contributed by atoms with Crippen LogP contribution in [0.25, 0.3) is 0 Å². The molecule has 0 spiro atoms. The van der Waals surface area contributed by atoms with Gasteiger partial charge in [0.25, 0.3) is 11.8 Å². The smallest absolute Gasteiger partial charge is 0.319 e. The van der Waals surface area contributed by atoms with Crippen molar-refractivity contribution in [3.63, 3.8) is 0 Å². The van der Waals surface area contributed by atoms with Crippen LogP contribution in [0.2, 0.25) is 0 Å². The van der Waals surface area contributed by atoms with Gasteiger partial charge in [0.2, 0.25) is 0 Å². The third-order valence-corrected chi connectivity index (χ3v) is 6.43. The molecular formula is C20H21N3O3S. The predicted octanol–water partition coefficient (Wildman–Crippen LogP) is 3.18. The van der Waals surface area contributed by atoms with E-state index in [2.05, 4.69) is 10.6 Å². The second-order valence-corrected chi connectivity index (χ2v) is 8.13. The summed E-state index contributed by atoms with van der Waals surface area (Å²) in [6, 6.07) is 4.92. The van der Waals surface area contributed by atoms with Crippen molar-refractivity contribution in [2.45, 2.75) is 44.9 Å². The van der Waals surface area contributed by atoms with Crippen LogP contribution in [0.3, 0.4) is 0 Å². The first kappa shape index (κ1) is 17.7. The van der Waals surface area contributed by atoms with Gasteiger partial charge in [-0.05, 0) is 73.8 Å². The average Bonchev–Trinajstić information content (AvgIpc) is 3.21. The number of rotatable bonds is 3. The van der Waals surface area contributed by atoms with Crippen molar-refractivity contribution < 1.29 is 14.4 Å². The fourth-order valence-corrected chi connectivity index (χ4v) is 5.24. The number of aryl methyl sites for hydroxylation is 3. The van der Waals surface area contributed by atoms with Crippen molar-refractivity contribution in [3.8, 4) is 0 Å². The molecule has 27 heavy (non-hydrogen) atoms. The van der Waals surface area contributed by atoms with Crippen LogP contribution in [0, 0.1) is 0 Å². The van der Waals surface area contributed by atoms with Gasteiger partial charge in [0.05, 0.1) is 5.56 Å². The standard InChI is InChI=1S/C20H21N3O3S/c21-20(26)23-18(25)16-14-6-3-7-15(14)27-19(16)22-17(24)13-9-8-11-4-1-2-5-12(11)10-13/h8-10H,1-7H2,(H,22,24)(H3,21,23,25,26). The van der Waals surface area contributed by atoms with Crippen LogP contribution in [0.15, 0.2) is 18.2 Å². The number of hydrogen-bond donors (Lipinski definition) is 3. The normalized spacial score (nSPS) is 15.0. The SMILES string of the molecule is NC(=O)NC(=O)c1c(NC(=O)c2ccc3c(c2)CCCC3)sc2c1CCC2. The lowest BCUT2D eigenvalue weighted by atomic mass is 9.90. The van der Waals surface area contributed by atoms with Crippen LogP contribution in [-0.4, -0.2) is 17.8 Å². The Labute approximate surface area is 161 Å². The summed E-state index contributed by atoms with van der Waals surface area (Å²) in [7, 11) is 0. The Hall–Kier alpha value is -2.67. The highest BCUT2D eigenvalue weighted by atomic mass is 32.1. The Morgan fingerprint density at radius 1 is 0.926 bits per heavy atom. The number of hydrogen-bond acceptors (Lipinski definition) is 4. The highest BCUT2D eigenvalue weighted by molar-refractivity contribution is 7.17. The zero-order valence-corrected chi connectivity index (χ0v) is 15.7. The van der Waals surface area contributed by atoms with Crippen molar-refractivity contribution in [3.05, 3.63) is 50.9 Å². The fourth-order valence-electron chi connectivity index (χ4n) is 3.96. The fraction of sp³-hybridized carbons (Fsp3) is 0.350. The number of anilines is 1. The molecule has 1 heterocycles. The molecule has 1 aromatic carbocycles. The number of amides is 4. The molecule has 4 amide bonds. The largest absolute Gasteiger partial charge is 0.351 e. The molecule has 7 heteroatoms. The summed E-state index contributed by atoms with van der Waals surface area (Å²) in [4.78, 5) is 37.4.